The maximum absolute atomic E-state index is 11.8. The highest BCUT2D eigenvalue weighted by molar-refractivity contribution is 7.66. The first-order chi connectivity index (χ1) is 13.8. The smallest absolute Gasteiger partial charge is 0.390 e. The van der Waals surface area contributed by atoms with Crippen LogP contribution in [0.5, 0.6) is 0 Å². The van der Waals surface area contributed by atoms with Crippen LogP contribution in [0.15, 0.2) is 18.3 Å². The minimum atomic E-state index is -5.62. The van der Waals surface area contributed by atoms with Crippen LogP contribution in [-0.2, 0) is 31.6 Å². The molecule has 0 spiro atoms. The molecule has 1 fully saturated rings. The predicted octanol–water partition coefficient (Wildman–Crippen LogP) is 1.22. The van der Waals surface area contributed by atoms with Crippen LogP contribution in [0.1, 0.15) is 17.0 Å². The first-order valence-corrected chi connectivity index (χ1v) is 13.4. The molecule has 30 heavy (non-hydrogen) atoms. The van der Waals surface area contributed by atoms with Gasteiger partial charge in [-0.25, -0.2) is 18.7 Å². The van der Waals surface area contributed by atoms with Gasteiger partial charge < -0.3 is 34.3 Å². The molecule has 168 valence electrons. The van der Waals surface area contributed by atoms with Crippen LogP contribution in [0.25, 0.3) is 11.8 Å². The molecular formula is C12H17N2O12P3S. The largest absolute Gasteiger partial charge is 0.490 e. The van der Waals surface area contributed by atoms with E-state index in [4.69, 9.17) is 19.4 Å². The quantitative estimate of drug-likeness (QED) is 0.315. The monoisotopic (exact) mass is 506 g/mol. The summed E-state index contributed by atoms with van der Waals surface area (Å²) in [4.78, 5) is 42.3. The zero-order chi connectivity index (χ0) is 22.3. The van der Waals surface area contributed by atoms with Crippen molar-refractivity contribution in [2.75, 3.05) is 6.61 Å². The van der Waals surface area contributed by atoms with Crippen molar-refractivity contribution in [3.05, 3.63) is 28.9 Å². The summed E-state index contributed by atoms with van der Waals surface area (Å²) in [6.07, 6.45) is 0.535. The van der Waals surface area contributed by atoms with Crippen molar-refractivity contribution in [1.29, 1.82) is 0 Å². The Labute approximate surface area is 173 Å². The molecule has 0 aromatic carbocycles. The lowest BCUT2D eigenvalue weighted by Gasteiger charge is -2.30. The summed E-state index contributed by atoms with van der Waals surface area (Å²) in [6.45, 7) is 3.23. The van der Waals surface area contributed by atoms with Gasteiger partial charge in [-0.1, -0.05) is 6.58 Å². The van der Waals surface area contributed by atoms with E-state index < -0.39 is 48.5 Å². The topological polar surface area (TPSA) is 205 Å². The van der Waals surface area contributed by atoms with Gasteiger partial charge in [-0.15, -0.1) is 11.3 Å². The van der Waals surface area contributed by atoms with Gasteiger partial charge in [0.05, 0.1) is 34.5 Å². The molecule has 0 amide bonds. The number of phosphoric ester groups is 1. The molecule has 1 aromatic rings. The van der Waals surface area contributed by atoms with Crippen LogP contribution in [0, 0.1) is 0 Å². The minimum absolute atomic E-state index is 0.0852. The normalized spacial score (nSPS) is 28.2. The first-order valence-electron chi connectivity index (χ1n) is 7.97. The van der Waals surface area contributed by atoms with Gasteiger partial charge in [0.1, 0.15) is 12.3 Å². The maximum Gasteiger partial charge on any atom is 0.490 e. The zero-order valence-corrected chi connectivity index (χ0v) is 18.3. The molecular weight excluding hydrogens is 489 g/mol. The van der Waals surface area contributed by atoms with Crippen molar-refractivity contribution in [1.82, 2.24) is 9.88 Å². The van der Waals surface area contributed by atoms with Crippen LogP contribution < -0.4 is 0 Å². The Hall–Kier alpha value is -0.760. The highest BCUT2D eigenvalue weighted by Gasteiger charge is 2.43. The van der Waals surface area contributed by atoms with Crippen molar-refractivity contribution in [3.8, 4) is 0 Å². The van der Waals surface area contributed by atoms with Crippen LogP contribution >= 0.6 is 34.8 Å². The van der Waals surface area contributed by atoms with E-state index >= 15 is 0 Å². The van der Waals surface area contributed by atoms with Gasteiger partial charge in [-0.05, 0) is 6.08 Å². The summed E-state index contributed by atoms with van der Waals surface area (Å²) in [6, 6.07) is 0. The number of aliphatic hydroxyl groups is 1. The Morgan fingerprint density at radius 2 is 1.93 bits per heavy atom. The molecule has 0 radical (unpaired) electrons. The molecule has 2 aliphatic heterocycles. The number of nitrogens with zero attached hydrogens (tertiary/aromatic N) is 2. The van der Waals surface area contributed by atoms with Crippen LogP contribution in [0.3, 0.4) is 0 Å². The van der Waals surface area contributed by atoms with Gasteiger partial charge in [0.25, 0.3) is 0 Å². The summed E-state index contributed by atoms with van der Waals surface area (Å²) in [5.74, 6) is 0. The van der Waals surface area contributed by atoms with E-state index in [1.807, 2.05) is 0 Å². The molecule has 3 rings (SSSR count). The lowest BCUT2D eigenvalue weighted by atomic mass is 10.1. The second kappa shape index (κ2) is 8.64. The van der Waals surface area contributed by atoms with E-state index in [9.17, 15) is 23.7 Å². The standard InChI is InChI=1S/C12H17N2O12P3S/c1-7-12-8(13-6-30-12)2-3-14(7)11-4-9(15)10(24-11)5-23-28(19,20)26-29(21,22)25-27(16,17)18/h2-3,6,9-11,15H,1,4-5H2,(H,19,20)(H,21,22)(H2,16,17,18)/t9-,10-,11-/m1/s1. The summed E-state index contributed by atoms with van der Waals surface area (Å²) in [5.41, 5.74) is 2.98. The average molecular weight is 506 g/mol. The van der Waals surface area contributed by atoms with Crippen LogP contribution in [-0.4, -0.2) is 59.6 Å². The highest BCUT2D eigenvalue weighted by atomic mass is 32.1. The zero-order valence-electron chi connectivity index (χ0n) is 14.8. The third-order valence-electron chi connectivity index (χ3n) is 3.89. The minimum Gasteiger partial charge on any atom is -0.390 e. The molecule has 0 bridgehead atoms. The summed E-state index contributed by atoms with van der Waals surface area (Å²) < 4.78 is 51.1. The lowest BCUT2D eigenvalue weighted by molar-refractivity contribution is -0.0496. The number of hydrogen-bond donors (Lipinski definition) is 5. The third-order valence-corrected chi connectivity index (χ3v) is 8.59. The molecule has 5 N–H and O–H groups in total. The molecule has 1 saturated heterocycles. The number of rotatable bonds is 8. The van der Waals surface area contributed by atoms with Gasteiger partial charge in [0.2, 0.25) is 0 Å². The van der Waals surface area contributed by atoms with E-state index in [1.54, 1.807) is 22.7 Å². The molecule has 0 aliphatic carbocycles. The Morgan fingerprint density at radius 3 is 2.60 bits per heavy atom. The van der Waals surface area contributed by atoms with E-state index in [1.165, 1.54) is 11.3 Å². The second-order valence-corrected chi connectivity index (χ2v) is 11.3. The van der Waals surface area contributed by atoms with Gasteiger partial charge in [-0.2, -0.15) is 8.62 Å². The SMILES string of the molecule is C=C1c2scnc2C=CN1[C@H]1C[C@@H](O)[C@@H](COP(=O)(O)OP(=O)(O)OP(=O)(O)O)O1. The average Bonchev–Trinajstić information content (AvgIpc) is 3.17. The number of aromatic nitrogens is 1. The van der Waals surface area contributed by atoms with Gasteiger partial charge in [0.15, 0.2) is 0 Å². The van der Waals surface area contributed by atoms with Crippen molar-refractivity contribution >= 4 is 46.6 Å². The number of ether oxygens (including phenoxy) is 1. The summed E-state index contributed by atoms with van der Waals surface area (Å²) in [7, 11) is -16.4. The number of fused-ring (bicyclic) bond motifs is 1. The lowest BCUT2D eigenvalue weighted by Crippen LogP contribution is -2.31. The molecule has 18 heteroatoms. The Bertz CT molecular complexity index is 991. The molecule has 1 aromatic heterocycles. The summed E-state index contributed by atoms with van der Waals surface area (Å²) in [5, 5.41) is 10.2. The predicted molar refractivity (Wildman–Crippen MR) is 101 cm³/mol. The Balaban J connectivity index is 1.58. The molecule has 0 saturated carbocycles. The fourth-order valence-corrected chi connectivity index (χ4v) is 6.51. The van der Waals surface area contributed by atoms with Crippen molar-refractivity contribution in [3.63, 3.8) is 0 Å². The second-order valence-electron chi connectivity index (χ2n) is 6.06. The van der Waals surface area contributed by atoms with E-state index in [-0.39, 0.29) is 6.42 Å². The van der Waals surface area contributed by atoms with E-state index in [0.29, 0.717) is 5.70 Å². The van der Waals surface area contributed by atoms with Crippen molar-refractivity contribution in [2.45, 2.75) is 24.9 Å². The van der Waals surface area contributed by atoms with E-state index in [0.717, 1.165) is 10.6 Å². The molecule has 3 heterocycles. The van der Waals surface area contributed by atoms with Crippen molar-refractivity contribution in [2.24, 2.45) is 0 Å². The fraction of sp³-hybridized carbons (Fsp3) is 0.417. The molecule has 14 nitrogen and oxygen atoms in total. The third kappa shape index (κ3) is 5.93. The molecule has 5 atom stereocenters. The van der Waals surface area contributed by atoms with Gasteiger partial charge >= 0.3 is 23.5 Å². The molecule has 2 unspecified atom stereocenters. The van der Waals surface area contributed by atoms with Gasteiger partial charge in [0, 0.05) is 12.6 Å². The van der Waals surface area contributed by atoms with Crippen molar-refractivity contribution < 1.29 is 56.3 Å². The number of phosphoric acid groups is 3. The summed E-state index contributed by atoms with van der Waals surface area (Å²) >= 11 is 1.37. The Kier molecular flexibility index (Phi) is 6.88. The highest BCUT2D eigenvalue weighted by Crippen LogP contribution is 2.66. The van der Waals surface area contributed by atoms with Crippen LogP contribution in [0.4, 0.5) is 0 Å². The van der Waals surface area contributed by atoms with E-state index in [2.05, 4.69) is 24.7 Å². The number of aliphatic hydroxyl groups excluding tert-OH is 1. The van der Waals surface area contributed by atoms with Crippen LogP contribution in [0.2, 0.25) is 0 Å². The first kappa shape index (κ1) is 23.9. The van der Waals surface area contributed by atoms with Gasteiger partial charge in [-0.3, -0.25) is 4.52 Å². The Morgan fingerprint density at radius 1 is 1.23 bits per heavy atom. The number of hydrogen-bond acceptors (Lipinski definition) is 11. The maximum atomic E-state index is 11.8. The fourth-order valence-electron chi connectivity index (χ4n) is 2.72. The number of thiazole rings is 1. The molecule has 2 aliphatic rings.